The summed E-state index contributed by atoms with van der Waals surface area (Å²) in [5, 5.41) is 0. The Hall–Kier alpha value is -3.06. The normalized spacial score (nSPS) is 20.0. The van der Waals surface area contributed by atoms with E-state index in [4.69, 9.17) is 14.2 Å². The van der Waals surface area contributed by atoms with Crippen LogP contribution in [0, 0.1) is 19.8 Å². The summed E-state index contributed by atoms with van der Waals surface area (Å²) >= 11 is 0. The zero-order valence-corrected chi connectivity index (χ0v) is 19.1. The van der Waals surface area contributed by atoms with Gasteiger partial charge in [-0.1, -0.05) is 6.07 Å². The summed E-state index contributed by atoms with van der Waals surface area (Å²) in [5.41, 5.74) is 4.45. The van der Waals surface area contributed by atoms with E-state index < -0.39 is 0 Å². The largest absolute Gasteiger partial charge is 0.496 e. The lowest BCUT2D eigenvalue weighted by molar-refractivity contribution is 0.203. The van der Waals surface area contributed by atoms with Gasteiger partial charge in [-0.05, 0) is 38.5 Å². The summed E-state index contributed by atoms with van der Waals surface area (Å²) in [4.78, 5) is 20.1. The van der Waals surface area contributed by atoms with Gasteiger partial charge in [0.1, 0.15) is 11.4 Å². The Morgan fingerprint density at radius 2 is 2.03 bits per heavy atom. The summed E-state index contributed by atoms with van der Waals surface area (Å²) in [6.07, 6.45) is 2.47. The van der Waals surface area contributed by atoms with Crippen molar-refractivity contribution in [3.63, 3.8) is 0 Å². The first-order valence-corrected chi connectivity index (χ1v) is 11.1. The molecule has 7 heteroatoms. The second-order valence-electron chi connectivity index (χ2n) is 8.75. The molecule has 32 heavy (non-hydrogen) atoms. The van der Waals surface area contributed by atoms with Crippen LogP contribution in [0.15, 0.2) is 35.3 Å². The fraction of sp³-hybridized carbons (Fsp3) is 0.440. The molecular weight excluding hydrogens is 406 g/mol. The quantitative estimate of drug-likeness (QED) is 0.614. The van der Waals surface area contributed by atoms with Crippen molar-refractivity contribution in [3.05, 3.63) is 63.2 Å². The van der Waals surface area contributed by atoms with Crippen molar-refractivity contribution in [2.45, 2.75) is 26.2 Å². The Labute approximate surface area is 187 Å². The summed E-state index contributed by atoms with van der Waals surface area (Å²) in [6.45, 7) is 7.29. The van der Waals surface area contributed by atoms with Crippen molar-refractivity contribution < 1.29 is 14.2 Å². The third-order valence-corrected chi connectivity index (χ3v) is 6.96. The van der Waals surface area contributed by atoms with Crippen molar-refractivity contribution in [1.29, 1.82) is 0 Å². The molecule has 0 bridgehead atoms. The minimum absolute atomic E-state index is 0.0309. The number of rotatable bonds is 5. The van der Waals surface area contributed by atoms with Gasteiger partial charge < -0.3 is 19.1 Å². The standard InChI is InChI=1S/C25H29N3O4/c1-15-21(30-3)11-19-20-13-27(12-17(20)14-32-24(19)23(15)31-4)10-8-18-16(2)26-22-7-5-6-9-28(22)25(18)29/h5-7,9,11,17,20H,8,10,12-14H2,1-4H3/t17-,20+/m1/s1. The number of likely N-dealkylation sites (tertiary alicyclic amines) is 1. The molecule has 2 aromatic heterocycles. The molecule has 4 heterocycles. The Kier molecular flexibility index (Phi) is 5.29. The minimum atomic E-state index is 0.0309. The Bertz CT molecular complexity index is 1240. The molecule has 1 saturated heterocycles. The zero-order chi connectivity index (χ0) is 22.4. The number of hydrogen-bond acceptors (Lipinski definition) is 6. The first kappa shape index (κ1) is 20.8. The number of ether oxygens (including phenoxy) is 3. The van der Waals surface area contributed by atoms with Crippen LogP contribution in [0.25, 0.3) is 5.65 Å². The second-order valence-corrected chi connectivity index (χ2v) is 8.75. The van der Waals surface area contributed by atoms with Gasteiger partial charge in [0.2, 0.25) is 0 Å². The van der Waals surface area contributed by atoms with Gasteiger partial charge >= 0.3 is 0 Å². The smallest absolute Gasteiger partial charge is 0.261 e. The predicted molar refractivity (Wildman–Crippen MR) is 122 cm³/mol. The number of aryl methyl sites for hydroxylation is 1. The average molecular weight is 436 g/mol. The van der Waals surface area contributed by atoms with E-state index in [2.05, 4.69) is 16.0 Å². The molecule has 2 aliphatic rings. The highest BCUT2D eigenvalue weighted by Crippen LogP contribution is 2.49. The molecule has 7 nitrogen and oxygen atoms in total. The van der Waals surface area contributed by atoms with E-state index in [1.54, 1.807) is 24.8 Å². The SMILES string of the molecule is COc1cc2c(c(OC)c1C)OC[C@H]1CN(CCc3c(C)nc4ccccn4c3=O)C[C@H]21. The molecule has 0 aliphatic carbocycles. The molecule has 3 aromatic rings. The Morgan fingerprint density at radius 1 is 1.19 bits per heavy atom. The number of nitrogens with zero attached hydrogens (tertiary/aromatic N) is 3. The first-order valence-electron chi connectivity index (χ1n) is 11.1. The van der Waals surface area contributed by atoms with Crippen LogP contribution < -0.4 is 19.8 Å². The van der Waals surface area contributed by atoms with Crippen LogP contribution in [0.2, 0.25) is 0 Å². The monoisotopic (exact) mass is 435 g/mol. The van der Waals surface area contributed by atoms with Crippen LogP contribution in [0.5, 0.6) is 17.2 Å². The number of fused-ring (bicyclic) bond motifs is 4. The van der Waals surface area contributed by atoms with Crippen molar-refractivity contribution in [1.82, 2.24) is 14.3 Å². The highest BCUT2D eigenvalue weighted by Gasteiger charge is 2.40. The highest BCUT2D eigenvalue weighted by atomic mass is 16.5. The third kappa shape index (κ3) is 3.32. The van der Waals surface area contributed by atoms with Gasteiger partial charge in [-0.2, -0.15) is 0 Å². The van der Waals surface area contributed by atoms with E-state index in [9.17, 15) is 4.79 Å². The molecule has 0 spiro atoms. The maximum absolute atomic E-state index is 13.0. The van der Waals surface area contributed by atoms with Crippen LogP contribution in [0.3, 0.4) is 0 Å². The zero-order valence-electron chi connectivity index (χ0n) is 19.1. The van der Waals surface area contributed by atoms with Crippen molar-refractivity contribution in [2.75, 3.05) is 40.5 Å². The van der Waals surface area contributed by atoms with Gasteiger partial charge in [-0.25, -0.2) is 4.98 Å². The maximum Gasteiger partial charge on any atom is 0.261 e. The summed E-state index contributed by atoms with van der Waals surface area (Å²) in [5.74, 6) is 3.22. The molecule has 0 saturated carbocycles. The fourth-order valence-electron chi connectivity index (χ4n) is 5.26. The lowest BCUT2D eigenvalue weighted by atomic mass is 9.86. The second kappa shape index (κ2) is 8.13. The number of pyridine rings is 1. The maximum atomic E-state index is 13.0. The molecule has 0 unspecified atom stereocenters. The van der Waals surface area contributed by atoms with Gasteiger partial charge in [-0.3, -0.25) is 9.20 Å². The fourth-order valence-corrected chi connectivity index (χ4v) is 5.26. The Balaban J connectivity index is 1.38. The van der Waals surface area contributed by atoms with Crippen molar-refractivity contribution >= 4 is 5.65 Å². The average Bonchev–Trinajstić information content (AvgIpc) is 3.22. The molecule has 168 valence electrons. The van der Waals surface area contributed by atoms with E-state index in [0.717, 1.165) is 59.3 Å². The van der Waals surface area contributed by atoms with Gasteiger partial charge in [0.25, 0.3) is 5.56 Å². The summed E-state index contributed by atoms with van der Waals surface area (Å²) in [6, 6.07) is 7.74. The van der Waals surface area contributed by atoms with Crippen molar-refractivity contribution in [2.24, 2.45) is 5.92 Å². The van der Waals surface area contributed by atoms with Gasteiger partial charge in [0.15, 0.2) is 11.5 Å². The molecule has 2 aliphatic heterocycles. The van der Waals surface area contributed by atoms with Crippen LogP contribution >= 0.6 is 0 Å². The molecule has 2 atom stereocenters. The lowest BCUT2D eigenvalue weighted by Crippen LogP contribution is -2.28. The third-order valence-electron chi connectivity index (χ3n) is 6.96. The van der Waals surface area contributed by atoms with Gasteiger partial charge in [-0.15, -0.1) is 0 Å². The van der Waals surface area contributed by atoms with Gasteiger partial charge in [0.05, 0.1) is 20.8 Å². The molecule has 5 rings (SSSR count). The van der Waals surface area contributed by atoms with Crippen molar-refractivity contribution in [3.8, 4) is 17.2 Å². The van der Waals surface area contributed by atoms with Crippen LogP contribution in [0.1, 0.15) is 28.3 Å². The topological polar surface area (TPSA) is 65.3 Å². The number of benzene rings is 1. The summed E-state index contributed by atoms with van der Waals surface area (Å²) in [7, 11) is 3.37. The first-order chi connectivity index (χ1) is 15.5. The lowest BCUT2D eigenvalue weighted by Gasteiger charge is -2.30. The molecule has 1 aromatic carbocycles. The number of aromatic nitrogens is 2. The molecule has 0 radical (unpaired) electrons. The van der Waals surface area contributed by atoms with E-state index in [1.165, 1.54) is 0 Å². The number of methoxy groups -OCH3 is 2. The minimum Gasteiger partial charge on any atom is -0.496 e. The number of hydrogen-bond donors (Lipinski definition) is 0. The molecular formula is C25H29N3O4. The molecule has 0 amide bonds. The summed E-state index contributed by atoms with van der Waals surface area (Å²) < 4.78 is 19.1. The van der Waals surface area contributed by atoms with Gasteiger partial charge in [0, 0.05) is 60.1 Å². The predicted octanol–water partition coefficient (Wildman–Crippen LogP) is 2.98. The van der Waals surface area contributed by atoms with E-state index in [1.807, 2.05) is 32.0 Å². The van der Waals surface area contributed by atoms with Crippen LogP contribution in [0.4, 0.5) is 0 Å². The van der Waals surface area contributed by atoms with Crippen LogP contribution in [-0.2, 0) is 6.42 Å². The molecule has 0 N–H and O–H groups in total. The van der Waals surface area contributed by atoms with E-state index in [-0.39, 0.29) is 5.56 Å². The van der Waals surface area contributed by atoms with E-state index >= 15 is 0 Å². The Morgan fingerprint density at radius 3 is 2.81 bits per heavy atom. The van der Waals surface area contributed by atoms with Crippen LogP contribution in [-0.4, -0.2) is 54.7 Å². The highest BCUT2D eigenvalue weighted by molar-refractivity contribution is 5.60. The molecule has 1 fully saturated rings. The van der Waals surface area contributed by atoms with E-state index in [0.29, 0.717) is 30.5 Å².